The Hall–Kier alpha value is -5.60. The number of aliphatic hydroxyl groups excluding tert-OH is 1. The highest BCUT2D eigenvalue weighted by Gasteiger charge is 2.48. The first kappa shape index (κ1) is 34.8. The summed E-state index contributed by atoms with van der Waals surface area (Å²) in [6, 6.07) is 17.3. The number of nitrogens with one attached hydrogen (secondary N) is 2. The highest BCUT2D eigenvalue weighted by molar-refractivity contribution is 6.13. The number of aromatic nitrogens is 5. The van der Waals surface area contributed by atoms with Gasteiger partial charge in [-0.25, -0.2) is 19.3 Å². The summed E-state index contributed by atoms with van der Waals surface area (Å²) in [6.07, 6.45) is 5.65. The quantitative estimate of drug-likeness (QED) is 0.183. The Balaban J connectivity index is 1.02. The number of amides is 2. The van der Waals surface area contributed by atoms with Crippen LogP contribution in [0.4, 0.5) is 15.9 Å². The van der Waals surface area contributed by atoms with Crippen LogP contribution in [0.15, 0.2) is 84.2 Å². The summed E-state index contributed by atoms with van der Waals surface area (Å²) in [4.78, 5) is 51.8. The van der Waals surface area contributed by atoms with E-state index in [4.69, 9.17) is 0 Å². The molecule has 3 aromatic heterocycles. The van der Waals surface area contributed by atoms with Gasteiger partial charge in [0.2, 0.25) is 11.8 Å². The number of anilines is 2. The van der Waals surface area contributed by atoms with E-state index in [1.807, 2.05) is 47.9 Å². The first-order valence-electron chi connectivity index (χ1n) is 17.4. The lowest BCUT2D eigenvalue weighted by molar-refractivity contribution is -0.135. The molecule has 0 aliphatic carbocycles. The number of H-pyrrole nitrogens is 1. The molecule has 0 bridgehead atoms. The molecule has 0 radical (unpaired) electrons. The lowest BCUT2D eigenvalue weighted by atomic mass is 9.81. The van der Waals surface area contributed by atoms with Crippen LogP contribution in [-0.4, -0.2) is 116 Å². The van der Waals surface area contributed by atoms with Crippen LogP contribution in [0.5, 0.6) is 0 Å². The van der Waals surface area contributed by atoms with Crippen LogP contribution >= 0.6 is 0 Å². The van der Waals surface area contributed by atoms with Gasteiger partial charge in [-0.15, -0.1) is 0 Å². The molecule has 5 heterocycles. The van der Waals surface area contributed by atoms with E-state index in [0.717, 1.165) is 27.8 Å². The maximum Gasteiger partial charge on any atom is 0.237 e. The zero-order valence-corrected chi connectivity index (χ0v) is 29.2. The first-order valence-corrected chi connectivity index (χ1v) is 17.4. The molecule has 268 valence electrons. The van der Waals surface area contributed by atoms with Crippen LogP contribution in [0.1, 0.15) is 20.3 Å². The minimum absolute atomic E-state index is 0.0107. The average Bonchev–Trinajstić information content (AvgIpc) is 3.80. The molecule has 2 fully saturated rings. The van der Waals surface area contributed by atoms with Crippen molar-refractivity contribution in [1.82, 2.24) is 34.9 Å². The second kappa shape index (κ2) is 14.9. The van der Waals surface area contributed by atoms with Crippen LogP contribution in [0, 0.1) is 11.2 Å². The number of hydrogen-bond acceptors (Lipinski definition) is 10. The Labute approximate surface area is 300 Å². The van der Waals surface area contributed by atoms with Gasteiger partial charge in [-0.05, 0) is 80.9 Å². The molecule has 3 N–H and O–H groups in total. The molecule has 2 atom stereocenters. The molecule has 2 aliphatic heterocycles. The molecule has 2 amide bonds. The summed E-state index contributed by atoms with van der Waals surface area (Å²) in [5.74, 6) is 0.907. The van der Waals surface area contributed by atoms with E-state index in [9.17, 15) is 19.1 Å². The molecule has 52 heavy (non-hydrogen) atoms. The van der Waals surface area contributed by atoms with Crippen LogP contribution in [0.2, 0.25) is 0 Å². The van der Waals surface area contributed by atoms with Gasteiger partial charge in [0, 0.05) is 85.3 Å². The Morgan fingerprint density at radius 1 is 1.04 bits per heavy atom. The number of pyridine rings is 1. The second-order valence-corrected chi connectivity index (χ2v) is 13.4. The largest absolute Gasteiger partial charge is 0.394 e. The van der Waals surface area contributed by atoms with Gasteiger partial charge in [-0.2, -0.15) is 5.10 Å². The third kappa shape index (κ3) is 7.12. The van der Waals surface area contributed by atoms with E-state index in [0.29, 0.717) is 62.1 Å². The summed E-state index contributed by atoms with van der Waals surface area (Å²) in [5, 5.41) is 20.8. The number of hydrogen-bond donors (Lipinski definition) is 3. The number of fused-ring (bicyclic) bond motifs is 1. The number of likely N-dealkylation sites (tertiary alicyclic amines) is 1. The molecule has 2 aliphatic rings. The van der Waals surface area contributed by atoms with E-state index in [-0.39, 0.29) is 43.4 Å². The van der Waals surface area contributed by atoms with Gasteiger partial charge < -0.3 is 20.2 Å². The van der Waals surface area contributed by atoms with Crippen molar-refractivity contribution in [1.29, 1.82) is 0 Å². The third-order valence-corrected chi connectivity index (χ3v) is 10.1. The number of carbonyl (C=O) groups is 2. The Morgan fingerprint density at radius 3 is 2.56 bits per heavy atom. The van der Waals surface area contributed by atoms with Gasteiger partial charge in [0.25, 0.3) is 0 Å². The molecule has 2 aromatic carbocycles. The zero-order chi connectivity index (χ0) is 36.2. The van der Waals surface area contributed by atoms with Crippen molar-refractivity contribution in [2.75, 3.05) is 62.6 Å². The number of aliphatic imine (C=N–C) groups is 1. The van der Waals surface area contributed by atoms with Gasteiger partial charge >= 0.3 is 0 Å². The van der Waals surface area contributed by atoms with E-state index in [1.54, 1.807) is 42.9 Å². The van der Waals surface area contributed by atoms with Crippen LogP contribution in [0.25, 0.3) is 33.5 Å². The van der Waals surface area contributed by atoms with Crippen molar-refractivity contribution in [2.45, 2.75) is 26.3 Å². The van der Waals surface area contributed by atoms with E-state index in [1.165, 1.54) is 12.1 Å². The predicted molar refractivity (Wildman–Crippen MR) is 197 cm³/mol. The van der Waals surface area contributed by atoms with E-state index >= 15 is 0 Å². The monoisotopic (exact) mass is 704 g/mol. The zero-order valence-electron chi connectivity index (χ0n) is 29.2. The van der Waals surface area contributed by atoms with Crippen molar-refractivity contribution < 1.29 is 19.1 Å². The summed E-state index contributed by atoms with van der Waals surface area (Å²) >= 11 is 0. The molecule has 14 heteroatoms. The fraction of sp³-hybridized carbons (Fsp3) is 0.342. The van der Waals surface area contributed by atoms with Crippen molar-refractivity contribution in [3.05, 3.63) is 85.1 Å². The fourth-order valence-corrected chi connectivity index (χ4v) is 7.18. The SMILES string of the molecule is CC(=NCCO)C1(C(=O)Nc2ccc3[nH]nc(-c4ccc(F)cc4)c3c2)CCN(CC(=O)N2CCN(c3ccc(-c4ncccn4)cn3)C[C@H]2C)C1. The van der Waals surface area contributed by atoms with Gasteiger partial charge in [-0.1, -0.05) is 0 Å². The lowest BCUT2D eigenvalue weighted by Gasteiger charge is -2.41. The Morgan fingerprint density at radius 2 is 1.83 bits per heavy atom. The molecule has 2 saturated heterocycles. The van der Waals surface area contributed by atoms with Gasteiger partial charge in [0.1, 0.15) is 17.1 Å². The number of aliphatic hydroxyl groups is 1. The number of halogens is 1. The van der Waals surface area contributed by atoms with Gasteiger partial charge in [0.05, 0.1) is 30.9 Å². The van der Waals surface area contributed by atoms with Crippen LogP contribution in [0.3, 0.4) is 0 Å². The average molecular weight is 705 g/mol. The number of aromatic amines is 1. The number of rotatable bonds is 10. The summed E-state index contributed by atoms with van der Waals surface area (Å²) in [7, 11) is 0. The van der Waals surface area contributed by atoms with Crippen LogP contribution < -0.4 is 10.2 Å². The summed E-state index contributed by atoms with van der Waals surface area (Å²) < 4.78 is 13.6. The molecule has 7 rings (SSSR count). The van der Waals surface area contributed by atoms with Gasteiger partial charge in [-0.3, -0.25) is 24.6 Å². The molecule has 5 aromatic rings. The third-order valence-electron chi connectivity index (χ3n) is 10.1. The molecule has 1 unspecified atom stereocenters. The van der Waals surface area contributed by atoms with E-state index < -0.39 is 5.41 Å². The number of carbonyl (C=O) groups excluding carboxylic acids is 2. The standard InChI is InChI=1S/C38H41FN10O3/c1-25-22-48(33-11-6-28(21-43-33)36-41-13-3-14-42-36)17-18-49(25)34(51)23-47-16-12-38(24-47,26(2)40-15-19-50)37(52)44-30-9-10-32-31(20-30)35(46-45-32)27-4-7-29(39)8-5-27/h3-11,13-14,20-21,25,50H,12,15-19,22-24H2,1-2H3,(H,44,52)(H,45,46)/t25-,38?/m1/s1. The molecular formula is C38H41FN10O3. The Bertz CT molecular complexity index is 2070. The molecule has 0 saturated carbocycles. The van der Waals surface area contributed by atoms with E-state index in [2.05, 4.69) is 40.4 Å². The lowest BCUT2D eigenvalue weighted by Crippen LogP contribution is -2.56. The first-order chi connectivity index (χ1) is 25.2. The minimum Gasteiger partial charge on any atom is -0.394 e. The van der Waals surface area contributed by atoms with Crippen molar-refractivity contribution in [2.24, 2.45) is 10.4 Å². The van der Waals surface area contributed by atoms with Crippen molar-refractivity contribution in [3.8, 4) is 22.6 Å². The number of piperazine rings is 1. The van der Waals surface area contributed by atoms with Crippen molar-refractivity contribution >= 4 is 39.9 Å². The fourth-order valence-electron chi connectivity index (χ4n) is 7.18. The van der Waals surface area contributed by atoms with Gasteiger partial charge in [0.15, 0.2) is 5.82 Å². The molecular weight excluding hydrogens is 663 g/mol. The minimum atomic E-state index is -0.993. The molecule has 0 spiro atoms. The highest BCUT2D eigenvalue weighted by atomic mass is 19.1. The summed E-state index contributed by atoms with van der Waals surface area (Å²) in [5.41, 5.74) is 3.22. The van der Waals surface area contributed by atoms with Crippen molar-refractivity contribution in [3.63, 3.8) is 0 Å². The molecule has 13 nitrogen and oxygen atoms in total. The maximum atomic E-state index is 14.2. The number of nitrogens with zero attached hydrogens (tertiary/aromatic N) is 8. The second-order valence-electron chi connectivity index (χ2n) is 13.4. The maximum absolute atomic E-state index is 14.2. The predicted octanol–water partition coefficient (Wildman–Crippen LogP) is 4.04. The smallest absolute Gasteiger partial charge is 0.237 e. The topological polar surface area (TPSA) is 156 Å². The highest BCUT2D eigenvalue weighted by Crippen LogP contribution is 2.35. The normalized spacial score (nSPS) is 19.7. The summed E-state index contributed by atoms with van der Waals surface area (Å²) in [6.45, 7) is 6.79. The Kier molecular flexibility index (Phi) is 10.0. The van der Waals surface area contributed by atoms with Crippen LogP contribution in [-0.2, 0) is 9.59 Å². The number of benzene rings is 2.